The van der Waals surface area contributed by atoms with Crippen molar-refractivity contribution in [3.8, 4) is 11.3 Å². The van der Waals surface area contributed by atoms with Crippen molar-refractivity contribution in [3.63, 3.8) is 0 Å². The van der Waals surface area contributed by atoms with E-state index in [-0.39, 0.29) is 0 Å². The normalized spacial score (nSPS) is 15.7. The number of aryl methyl sites for hydroxylation is 1. The Bertz CT molecular complexity index is 882. The molecule has 0 spiro atoms. The lowest BCUT2D eigenvalue weighted by Gasteiger charge is -2.31. The Morgan fingerprint density at radius 2 is 1.80 bits per heavy atom. The molecular formula is C21H24N4. The Balaban J connectivity index is 1.62. The molecule has 1 aliphatic rings. The molecule has 0 bridgehead atoms. The summed E-state index contributed by atoms with van der Waals surface area (Å²) in [4.78, 5) is 11.6. The number of benzene rings is 2. The van der Waals surface area contributed by atoms with Crippen LogP contribution in [0.15, 0.2) is 48.7 Å². The number of nitrogens with two attached hydrogens (primary N) is 1. The minimum atomic E-state index is 0.642. The summed E-state index contributed by atoms with van der Waals surface area (Å²) in [5.74, 6) is 1.47. The lowest BCUT2D eigenvalue weighted by Crippen LogP contribution is -2.37. The van der Waals surface area contributed by atoms with E-state index in [0.717, 1.165) is 49.7 Å². The predicted molar refractivity (Wildman–Crippen MR) is 104 cm³/mol. The molecule has 1 aliphatic heterocycles. The number of anilines is 1. The van der Waals surface area contributed by atoms with Crippen LogP contribution in [0.25, 0.3) is 22.0 Å². The molecule has 0 saturated carbocycles. The summed E-state index contributed by atoms with van der Waals surface area (Å²) in [5, 5.41) is 2.51. The monoisotopic (exact) mass is 332 g/mol. The van der Waals surface area contributed by atoms with E-state index in [1.165, 1.54) is 16.3 Å². The third-order valence-electron chi connectivity index (χ3n) is 5.17. The number of nitrogens with zero attached hydrogens (tertiary/aromatic N) is 3. The molecule has 2 N–H and O–H groups in total. The average molecular weight is 332 g/mol. The third-order valence-corrected chi connectivity index (χ3v) is 5.17. The molecule has 0 unspecified atom stereocenters. The van der Waals surface area contributed by atoms with Crippen LogP contribution in [0.5, 0.6) is 0 Å². The zero-order chi connectivity index (χ0) is 17.2. The molecule has 1 aromatic heterocycles. The quantitative estimate of drug-likeness (QED) is 0.793. The average Bonchev–Trinajstić information content (AvgIpc) is 2.68. The molecule has 25 heavy (non-hydrogen) atoms. The Morgan fingerprint density at radius 1 is 1.04 bits per heavy atom. The van der Waals surface area contributed by atoms with E-state index in [4.69, 9.17) is 10.7 Å². The number of aromatic nitrogens is 2. The van der Waals surface area contributed by atoms with Gasteiger partial charge in [0.15, 0.2) is 0 Å². The van der Waals surface area contributed by atoms with Crippen LogP contribution in [-0.4, -0.2) is 29.6 Å². The summed E-state index contributed by atoms with van der Waals surface area (Å²) in [5.41, 5.74) is 9.19. The number of hydrogen-bond donors (Lipinski definition) is 1. The molecule has 4 nitrogen and oxygen atoms in total. The van der Waals surface area contributed by atoms with Crippen LogP contribution in [-0.2, 0) is 0 Å². The van der Waals surface area contributed by atoms with Crippen LogP contribution < -0.4 is 10.6 Å². The van der Waals surface area contributed by atoms with Gasteiger partial charge in [0.1, 0.15) is 0 Å². The summed E-state index contributed by atoms with van der Waals surface area (Å²) in [6, 6.07) is 15.1. The maximum Gasteiger partial charge on any atom is 0.225 e. The van der Waals surface area contributed by atoms with E-state index >= 15 is 0 Å². The second-order valence-corrected chi connectivity index (χ2v) is 6.97. The van der Waals surface area contributed by atoms with Gasteiger partial charge in [-0.15, -0.1) is 0 Å². The zero-order valence-electron chi connectivity index (χ0n) is 14.7. The predicted octanol–water partition coefficient (Wildman–Crippen LogP) is 3.78. The molecule has 0 atom stereocenters. The zero-order valence-corrected chi connectivity index (χ0v) is 14.7. The largest absolute Gasteiger partial charge is 0.341 e. The van der Waals surface area contributed by atoms with Crippen molar-refractivity contribution in [3.05, 3.63) is 54.2 Å². The fourth-order valence-corrected chi connectivity index (χ4v) is 3.55. The Hall–Kier alpha value is -2.46. The van der Waals surface area contributed by atoms with Gasteiger partial charge in [-0.25, -0.2) is 9.97 Å². The number of hydrogen-bond acceptors (Lipinski definition) is 4. The highest BCUT2D eigenvalue weighted by atomic mass is 15.2. The van der Waals surface area contributed by atoms with Crippen LogP contribution in [0.3, 0.4) is 0 Å². The van der Waals surface area contributed by atoms with Gasteiger partial charge >= 0.3 is 0 Å². The Labute approximate surface area is 148 Å². The van der Waals surface area contributed by atoms with E-state index in [2.05, 4.69) is 53.2 Å². The van der Waals surface area contributed by atoms with Gasteiger partial charge in [0, 0.05) is 24.8 Å². The first-order valence-corrected chi connectivity index (χ1v) is 9.02. The van der Waals surface area contributed by atoms with Gasteiger partial charge in [0.25, 0.3) is 0 Å². The van der Waals surface area contributed by atoms with Crippen LogP contribution in [0.1, 0.15) is 18.4 Å². The summed E-state index contributed by atoms with van der Waals surface area (Å²) >= 11 is 0. The highest BCUT2D eigenvalue weighted by molar-refractivity contribution is 5.87. The smallest absolute Gasteiger partial charge is 0.225 e. The summed E-state index contributed by atoms with van der Waals surface area (Å²) in [7, 11) is 0. The second-order valence-electron chi connectivity index (χ2n) is 6.97. The fraction of sp³-hybridized carbons (Fsp3) is 0.333. The molecule has 4 rings (SSSR count). The molecule has 4 heteroatoms. The van der Waals surface area contributed by atoms with Gasteiger partial charge in [-0.1, -0.05) is 35.9 Å². The van der Waals surface area contributed by atoms with Crippen molar-refractivity contribution in [1.29, 1.82) is 0 Å². The minimum Gasteiger partial charge on any atom is -0.341 e. The molecule has 0 amide bonds. The van der Waals surface area contributed by atoms with Crippen LogP contribution in [0.4, 0.5) is 5.95 Å². The minimum absolute atomic E-state index is 0.642. The Morgan fingerprint density at radius 3 is 2.60 bits per heavy atom. The van der Waals surface area contributed by atoms with Crippen molar-refractivity contribution in [2.75, 3.05) is 24.5 Å². The van der Waals surface area contributed by atoms with Crippen molar-refractivity contribution in [2.45, 2.75) is 19.8 Å². The molecule has 1 saturated heterocycles. The summed E-state index contributed by atoms with van der Waals surface area (Å²) in [6.07, 6.45) is 4.12. The van der Waals surface area contributed by atoms with Crippen molar-refractivity contribution in [2.24, 2.45) is 11.7 Å². The van der Waals surface area contributed by atoms with E-state index in [0.29, 0.717) is 5.92 Å². The van der Waals surface area contributed by atoms with Gasteiger partial charge in [-0.05, 0) is 55.1 Å². The van der Waals surface area contributed by atoms with E-state index in [1.807, 2.05) is 12.3 Å². The van der Waals surface area contributed by atoms with Gasteiger partial charge in [-0.2, -0.15) is 0 Å². The molecule has 128 valence electrons. The first kappa shape index (κ1) is 16.0. The molecule has 1 fully saturated rings. The number of rotatable bonds is 3. The molecule has 0 radical (unpaired) electrons. The lowest BCUT2D eigenvalue weighted by molar-refractivity contribution is 0.411. The summed E-state index contributed by atoms with van der Waals surface area (Å²) < 4.78 is 0. The molecule has 0 aliphatic carbocycles. The van der Waals surface area contributed by atoms with Crippen molar-refractivity contribution >= 4 is 16.7 Å². The molecule has 3 aromatic rings. The van der Waals surface area contributed by atoms with Crippen molar-refractivity contribution in [1.82, 2.24) is 9.97 Å². The fourth-order valence-electron chi connectivity index (χ4n) is 3.55. The van der Waals surface area contributed by atoms with E-state index in [9.17, 15) is 0 Å². The molecule has 2 heterocycles. The van der Waals surface area contributed by atoms with E-state index in [1.54, 1.807) is 0 Å². The topological polar surface area (TPSA) is 55.0 Å². The van der Waals surface area contributed by atoms with Gasteiger partial charge in [0.2, 0.25) is 5.95 Å². The number of fused-ring (bicyclic) bond motifs is 1. The first-order chi connectivity index (χ1) is 12.2. The standard InChI is InChI=1S/C21H24N4/c1-15-2-3-18-13-19(5-4-17(18)12-15)20-6-9-23-21(24-20)25-10-7-16(14-22)8-11-25/h2-6,9,12-13,16H,7-8,10-11,14,22H2,1H3. The van der Waals surface area contributed by atoms with Crippen LogP contribution >= 0.6 is 0 Å². The highest BCUT2D eigenvalue weighted by Crippen LogP contribution is 2.26. The highest BCUT2D eigenvalue weighted by Gasteiger charge is 2.20. The maximum atomic E-state index is 5.79. The third kappa shape index (κ3) is 3.35. The second kappa shape index (κ2) is 6.81. The van der Waals surface area contributed by atoms with Gasteiger partial charge < -0.3 is 10.6 Å². The van der Waals surface area contributed by atoms with Crippen LogP contribution in [0.2, 0.25) is 0 Å². The van der Waals surface area contributed by atoms with Crippen LogP contribution in [0, 0.1) is 12.8 Å². The maximum absolute atomic E-state index is 5.79. The molecular weight excluding hydrogens is 308 g/mol. The number of piperidine rings is 1. The van der Waals surface area contributed by atoms with Gasteiger partial charge in [0.05, 0.1) is 5.69 Å². The molecule has 2 aromatic carbocycles. The lowest BCUT2D eigenvalue weighted by atomic mass is 9.97. The van der Waals surface area contributed by atoms with E-state index < -0.39 is 0 Å². The first-order valence-electron chi connectivity index (χ1n) is 9.02. The van der Waals surface area contributed by atoms with Crippen molar-refractivity contribution < 1.29 is 0 Å². The SMILES string of the molecule is Cc1ccc2cc(-c3ccnc(N4CCC(CN)CC4)n3)ccc2c1. The van der Waals surface area contributed by atoms with Gasteiger partial charge in [-0.3, -0.25) is 0 Å². The Kier molecular flexibility index (Phi) is 4.36. The summed E-state index contributed by atoms with van der Waals surface area (Å²) in [6.45, 7) is 4.88.